The maximum absolute atomic E-state index is 5.99. The Morgan fingerprint density at radius 2 is 2.40 bits per heavy atom. The second-order valence-electron chi connectivity index (χ2n) is 5.30. The van der Waals surface area contributed by atoms with Crippen molar-refractivity contribution in [3.63, 3.8) is 0 Å². The zero-order valence-electron chi connectivity index (χ0n) is 11.5. The highest BCUT2D eigenvalue weighted by Crippen LogP contribution is 2.23. The molecule has 1 aliphatic heterocycles. The molecule has 1 fully saturated rings. The van der Waals surface area contributed by atoms with Crippen LogP contribution in [0.2, 0.25) is 5.02 Å². The minimum absolute atomic E-state index is 0.171. The molecular formula is C15H19ClN2O2. The first-order chi connectivity index (χ1) is 9.72. The van der Waals surface area contributed by atoms with Crippen LogP contribution in [-0.4, -0.2) is 37.5 Å². The van der Waals surface area contributed by atoms with Crippen LogP contribution in [0.25, 0.3) is 10.9 Å². The van der Waals surface area contributed by atoms with Crippen LogP contribution >= 0.6 is 11.6 Å². The molecule has 0 bridgehead atoms. The van der Waals surface area contributed by atoms with E-state index >= 15 is 0 Å². The Balaban J connectivity index is 1.65. The first kappa shape index (κ1) is 13.9. The van der Waals surface area contributed by atoms with Gasteiger partial charge in [-0.05, 0) is 17.7 Å². The molecule has 1 atom stereocenters. The maximum Gasteiger partial charge on any atom is 0.106 e. The topological polar surface area (TPSA) is 46.3 Å². The number of fused-ring (bicyclic) bond motifs is 1. The number of aromatic nitrogens is 1. The number of ether oxygens (including phenoxy) is 2. The van der Waals surface area contributed by atoms with Gasteiger partial charge in [0, 0.05) is 55.3 Å². The van der Waals surface area contributed by atoms with E-state index in [1.165, 1.54) is 10.9 Å². The molecule has 1 aliphatic rings. The predicted octanol–water partition coefficient (Wildman–Crippen LogP) is 2.72. The number of H-pyrrole nitrogens is 1. The molecular weight excluding hydrogens is 276 g/mol. The number of methoxy groups -OCH3 is 1. The van der Waals surface area contributed by atoms with Crippen molar-refractivity contribution in [2.75, 3.05) is 26.9 Å². The van der Waals surface area contributed by atoms with Gasteiger partial charge in [0.05, 0.1) is 6.61 Å². The van der Waals surface area contributed by atoms with E-state index in [0.29, 0.717) is 6.61 Å². The third kappa shape index (κ3) is 2.69. The minimum atomic E-state index is -0.171. The van der Waals surface area contributed by atoms with Gasteiger partial charge >= 0.3 is 0 Å². The SMILES string of the molecule is COC1(CNCc2c[nH]c3cc(Cl)ccc23)CCOC1. The van der Waals surface area contributed by atoms with E-state index in [4.69, 9.17) is 21.1 Å². The molecule has 1 aromatic carbocycles. The summed E-state index contributed by atoms with van der Waals surface area (Å²) in [7, 11) is 1.75. The monoisotopic (exact) mass is 294 g/mol. The van der Waals surface area contributed by atoms with E-state index in [1.54, 1.807) is 7.11 Å². The molecule has 2 N–H and O–H groups in total. The lowest BCUT2D eigenvalue weighted by molar-refractivity contribution is -0.0159. The summed E-state index contributed by atoms with van der Waals surface area (Å²) in [6.45, 7) is 3.04. The maximum atomic E-state index is 5.99. The lowest BCUT2D eigenvalue weighted by Gasteiger charge is -2.25. The second kappa shape index (κ2) is 5.74. The molecule has 5 heteroatoms. The molecule has 3 rings (SSSR count). The molecule has 1 saturated heterocycles. The van der Waals surface area contributed by atoms with Gasteiger partial charge in [0.1, 0.15) is 5.60 Å². The molecule has 1 unspecified atom stereocenters. The first-order valence-corrected chi connectivity index (χ1v) is 7.19. The first-order valence-electron chi connectivity index (χ1n) is 6.82. The van der Waals surface area contributed by atoms with Crippen LogP contribution in [0.3, 0.4) is 0 Å². The Labute approximate surface area is 123 Å². The summed E-state index contributed by atoms with van der Waals surface area (Å²) in [5, 5.41) is 5.43. The summed E-state index contributed by atoms with van der Waals surface area (Å²) < 4.78 is 11.0. The summed E-state index contributed by atoms with van der Waals surface area (Å²) in [6, 6.07) is 5.92. The molecule has 0 aliphatic carbocycles. The zero-order chi connectivity index (χ0) is 14.0. The molecule has 0 saturated carbocycles. The van der Waals surface area contributed by atoms with Crippen molar-refractivity contribution >= 4 is 22.5 Å². The van der Waals surface area contributed by atoms with Crippen LogP contribution in [0.4, 0.5) is 0 Å². The van der Waals surface area contributed by atoms with Gasteiger partial charge in [0.25, 0.3) is 0 Å². The average Bonchev–Trinajstić information content (AvgIpc) is 3.07. The standard InChI is InChI=1S/C15H19ClN2O2/c1-19-15(4-5-20-10-15)9-17-7-11-8-18-14-6-12(16)2-3-13(11)14/h2-3,6,8,17-18H,4-5,7,9-10H2,1H3. The van der Waals surface area contributed by atoms with Gasteiger partial charge in [0.2, 0.25) is 0 Å². The van der Waals surface area contributed by atoms with Gasteiger partial charge < -0.3 is 19.8 Å². The molecule has 1 aromatic heterocycles. The number of rotatable bonds is 5. The fourth-order valence-electron chi connectivity index (χ4n) is 2.69. The van der Waals surface area contributed by atoms with E-state index in [2.05, 4.69) is 16.4 Å². The highest BCUT2D eigenvalue weighted by molar-refractivity contribution is 6.31. The summed E-state index contributed by atoms with van der Waals surface area (Å²) in [5.74, 6) is 0. The van der Waals surface area contributed by atoms with E-state index < -0.39 is 0 Å². The van der Waals surface area contributed by atoms with Crippen LogP contribution < -0.4 is 5.32 Å². The Morgan fingerprint density at radius 3 is 3.15 bits per heavy atom. The molecule has 0 spiro atoms. The number of hydrogen-bond acceptors (Lipinski definition) is 3. The predicted molar refractivity (Wildman–Crippen MR) is 80.2 cm³/mol. The van der Waals surface area contributed by atoms with Crippen LogP contribution in [0, 0.1) is 0 Å². The third-order valence-electron chi connectivity index (χ3n) is 3.99. The lowest BCUT2D eigenvalue weighted by atomic mass is 10.0. The zero-order valence-corrected chi connectivity index (χ0v) is 12.3. The van der Waals surface area contributed by atoms with E-state index in [9.17, 15) is 0 Å². The summed E-state index contributed by atoms with van der Waals surface area (Å²) in [4.78, 5) is 3.25. The summed E-state index contributed by atoms with van der Waals surface area (Å²) in [5.41, 5.74) is 2.14. The van der Waals surface area contributed by atoms with E-state index in [-0.39, 0.29) is 5.60 Å². The molecule has 0 radical (unpaired) electrons. The van der Waals surface area contributed by atoms with E-state index in [1.807, 2.05) is 18.3 Å². The minimum Gasteiger partial charge on any atom is -0.378 e. The molecule has 20 heavy (non-hydrogen) atoms. The lowest BCUT2D eigenvalue weighted by Crippen LogP contribution is -2.42. The number of nitrogens with one attached hydrogen (secondary N) is 2. The van der Waals surface area contributed by atoms with Crippen LogP contribution in [0.5, 0.6) is 0 Å². The largest absolute Gasteiger partial charge is 0.378 e. The van der Waals surface area contributed by atoms with Gasteiger partial charge in [-0.1, -0.05) is 17.7 Å². The molecule has 2 heterocycles. The number of benzene rings is 1. The van der Waals surface area contributed by atoms with Crippen molar-refractivity contribution in [2.45, 2.75) is 18.6 Å². The normalized spacial score (nSPS) is 22.7. The molecule has 108 valence electrons. The van der Waals surface area contributed by atoms with Crippen molar-refractivity contribution in [2.24, 2.45) is 0 Å². The fourth-order valence-corrected chi connectivity index (χ4v) is 2.86. The fraction of sp³-hybridized carbons (Fsp3) is 0.467. The molecule has 0 amide bonds. The van der Waals surface area contributed by atoms with Crippen molar-refractivity contribution in [3.8, 4) is 0 Å². The molecule has 2 aromatic rings. The summed E-state index contributed by atoms with van der Waals surface area (Å²) >= 11 is 5.99. The highest BCUT2D eigenvalue weighted by Gasteiger charge is 2.34. The smallest absolute Gasteiger partial charge is 0.106 e. The van der Waals surface area contributed by atoms with Gasteiger partial charge in [-0.15, -0.1) is 0 Å². The van der Waals surface area contributed by atoms with Crippen molar-refractivity contribution in [3.05, 3.63) is 35.0 Å². The second-order valence-corrected chi connectivity index (χ2v) is 5.73. The van der Waals surface area contributed by atoms with E-state index in [0.717, 1.165) is 36.7 Å². The molecule has 4 nitrogen and oxygen atoms in total. The Morgan fingerprint density at radius 1 is 1.50 bits per heavy atom. The van der Waals surface area contributed by atoms with Crippen molar-refractivity contribution in [1.82, 2.24) is 10.3 Å². The van der Waals surface area contributed by atoms with Gasteiger partial charge in [0.15, 0.2) is 0 Å². The Hall–Kier alpha value is -1.07. The van der Waals surface area contributed by atoms with Gasteiger partial charge in [-0.2, -0.15) is 0 Å². The third-order valence-corrected chi connectivity index (χ3v) is 4.23. The van der Waals surface area contributed by atoms with Crippen LogP contribution in [-0.2, 0) is 16.0 Å². The van der Waals surface area contributed by atoms with Crippen molar-refractivity contribution < 1.29 is 9.47 Å². The van der Waals surface area contributed by atoms with Gasteiger partial charge in [-0.25, -0.2) is 0 Å². The Bertz CT molecular complexity index is 591. The number of aromatic amines is 1. The quantitative estimate of drug-likeness (QED) is 0.891. The van der Waals surface area contributed by atoms with Crippen molar-refractivity contribution in [1.29, 1.82) is 0 Å². The highest BCUT2D eigenvalue weighted by atomic mass is 35.5. The summed E-state index contributed by atoms with van der Waals surface area (Å²) in [6.07, 6.45) is 2.97. The number of halogens is 1. The van der Waals surface area contributed by atoms with Crippen LogP contribution in [0.15, 0.2) is 24.4 Å². The van der Waals surface area contributed by atoms with Gasteiger partial charge in [-0.3, -0.25) is 0 Å². The Kier molecular flexibility index (Phi) is 3.98. The average molecular weight is 295 g/mol. The number of hydrogen-bond donors (Lipinski definition) is 2. The van der Waals surface area contributed by atoms with Crippen LogP contribution in [0.1, 0.15) is 12.0 Å².